The SMILES string of the molecule is CC(=O)C(Br)c1ccc(F)c(F)c1. The number of halogens is 3. The van der Waals surface area contributed by atoms with Crippen molar-refractivity contribution in [2.45, 2.75) is 11.8 Å². The molecule has 0 bridgehead atoms. The number of hydrogen-bond donors (Lipinski definition) is 0. The van der Waals surface area contributed by atoms with Crippen LogP contribution in [0.1, 0.15) is 17.3 Å². The molecule has 1 nitrogen and oxygen atoms in total. The highest BCUT2D eigenvalue weighted by molar-refractivity contribution is 9.09. The molecule has 1 unspecified atom stereocenters. The first kappa shape index (κ1) is 10.3. The standard InChI is InChI=1S/C9H7BrF2O/c1-5(13)9(10)6-2-3-7(11)8(12)4-6/h2-4,9H,1H3. The van der Waals surface area contributed by atoms with Crippen LogP contribution < -0.4 is 0 Å². The lowest BCUT2D eigenvalue weighted by Gasteiger charge is -2.05. The van der Waals surface area contributed by atoms with E-state index in [1.807, 2.05) is 0 Å². The summed E-state index contributed by atoms with van der Waals surface area (Å²) in [5, 5.41) is 0. The van der Waals surface area contributed by atoms with Crippen molar-refractivity contribution < 1.29 is 13.6 Å². The van der Waals surface area contributed by atoms with Crippen LogP contribution in [-0.2, 0) is 4.79 Å². The van der Waals surface area contributed by atoms with Gasteiger partial charge in [0.1, 0.15) is 5.78 Å². The number of rotatable bonds is 2. The molecule has 0 spiro atoms. The van der Waals surface area contributed by atoms with Gasteiger partial charge in [-0.2, -0.15) is 0 Å². The number of alkyl halides is 1. The maximum absolute atomic E-state index is 12.7. The lowest BCUT2D eigenvalue weighted by molar-refractivity contribution is -0.116. The molecule has 4 heteroatoms. The third-order valence-electron chi connectivity index (χ3n) is 1.59. The lowest BCUT2D eigenvalue weighted by Crippen LogP contribution is -2.01. The average molecular weight is 249 g/mol. The van der Waals surface area contributed by atoms with Gasteiger partial charge in [-0.1, -0.05) is 22.0 Å². The van der Waals surface area contributed by atoms with E-state index in [2.05, 4.69) is 15.9 Å². The van der Waals surface area contributed by atoms with Crippen LogP contribution in [-0.4, -0.2) is 5.78 Å². The fourth-order valence-corrected chi connectivity index (χ4v) is 1.19. The Labute approximate surface area is 82.9 Å². The zero-order valence-electron chi connectivity index (χ0n) is 6.85. The minimum absolute atomic E-state index is 0.147. The molecular weight excluding hydrogens is 242 g/mol. The van der Waals surface area contributed by atoms with Crippen LogP contribution >= 0.6 is 15.9 Å². The summed E-state index contributed by atoms with van der Waals surface area (Å²) in [5.41, 5.74) is 0.423. The first-order valence-electron chi connectivity index (χ1n) is 3.62. The number of ketones is 1. The molecule has 1 aromatic carbocycles. The van der Waals surface area contributed by atoms with Crippen LogP contribution in [0.5, 0.6) is 0 Å². The van der Waals surface area contributed by atoms with Gasteiger partial charge in [-0.05, 0) is 24.6 Å². The zero-order valence-corrected chi connectivity index (χ0v) is 8.44. The fraction of sp³-hybridized carbons (Fsp3) is 0.222. The molecule has 0 fully saturated rings. The molecule has 1 atom stereocenters. The van der Waals surface area contributed by atoms with Gasteiger partial charge in [-0.25, -0.2) is 8.78 Å². The van der Waals surface area contributed by atoms with Crippen molar-refractivity contribution in [1.82, 2.24) is 0 Å². The van der Waals surface area contributed by atoms with Crippen LogP contribution in [0, 0.1) is 11.6 Å². The van der Waals surface area contributed by atoms with Crippen molar-refractivity contribution in [1.29, 1.82) is 0 Å². The number of benzene rings is 1. The van der Waals surface area contributed by atoms with E-state index in [1.54, 1.807) is 0 Å². The highest BCUT2D eigenvalue weighted by Crippen LogP contribution is 2.24. The first-order chi connectivity index (χ1) is 6.02. The van der Waals surface area contributed by atoms with E-state index < -0.39 is 16.5 Å². The number of carbonyl (C=O) groups excluding carboxylic acids is 1. The Morgan fingerprint density at radius 2 is 2.00 bits per heavy atom. The molecule has 1 aromatic rings. The fourth-order valence-electron chi connectivity index (χ4n) is 0.905. The summed E-state index contributed by atoms with van der Waals surface area (Å²) in [7, 11) is 0. The van der Waals surface area contributed by atoms with Crippen LogP contribution in [0.2, 0.25) is 0 Å². The number of carbonyl (C=O) groups is 1. The average Bonchev–Trinajstić information content (AvgIpc) is 2.08. The Hall–Kier alpha value is -0.770. The van der Waals surface area contributed by atoms with Gasteiger partial charge in [0, 0.05) is 0 Å². The van der Waals surface area contributed by atoms with Crippen LogP contribution in [0.15, 0.2) is 18.2 Å². The van der Waals surface area contributed by atoms with Crippen molar-refractivity contribution in [2.75, 3.05) is 0 Å². The van der Waals surface area contributed by atoms with E-state index in [1.165, 1.54) is 13.0 Å². The molecule has 13 heavy (non-hydrogen) atoms. The van der Waals surface area contributed by atoms with Gasteiger partial charge in [0.05, 0.1) is 4.83 Å². The van der Waals surface area contributed by atoms with E-state index in [-0.39, 0.29) is 5.78 Å². The maximum Gasteiger partial charge on any atom is 0.159 e. The molecular formula is C9H7BrF2O. The van der Waals surface area contributed by atoms with E-state index >= 15 is 0 Å². The molecule has 0 aliphatic heterocycles. The number of hydrogen-bond acceptors (Lipinski definition) is 1. The molecule has 0 aliphatic rings. The summed E-state index contributed by atoms with van der Waals surface area (Å²) in [4.78, 5) is 10.3. The third kappa shape index (κ3) is 2.34. The van der Waals surface area contributed by atoms with E-state index in [9.17, 15) is 13.6 Å². The van der Waals surface area contributed by atoms with Gasteiger partial charge in [0.15, 0.2) is 11.6 Å². The molecule has 0 saturated heterocycles. The number of Topliss-reactive ketones (excluding diaryl/α,β-unsaturated/α-hetero) is 1. The van der Waals surface area contributed by atoms with Crippen LogP contribution in [0.25, 0.3) is 0 Å². The van der Waals surface area contributed by atoms with Crippen LogP contribution in [0.4, 0.5) is 8.78 Å². The van der Waals surface area contributed by atoms with Crippen molar-refractivity contribution in [3.8, 4) is 0 Å². The van der Waals surface area contributed by atoms with E-state index in [0.717, 1.165) is 12.1 Å². The normalized spacial score (nSPS) is 12.6. The molecule has 1 rings (SSSR count). The van der Waals surface area contributed by atoms with E-state index in [4.69, 9.17) is 0 Å². The second-order valence-electron chi connectivity index (χ2n) is 2.65. The quantitative estimate of drug-likeness (QED) is 0.736. The van der Waals surface area contributed by atoms with Crippen molar-refractivity contribution in [3.63, 3.8) is 0 Å². The summed E-state index contributed by atoms with van der Waals surface area (Å²) in [6, 6.07) is 3.39. The predicted octanol–water partition coefficient (Wildman–Crippen LogP) is 2.99. The van der Waals surface area contributed by atoms with Crippen molar-refractivity contribution >= 4 is 21.7 Å². The molecule has 70 valence electrons. The molecule has 0 N–H and O–H groups in total. The third-order valence-corrected chi connectivity index (χ3v) is 2.77. The van der Waals surface area contributed by atoms with E-state index in [0.29, 0.717) is 5.56 Å². The van der Waals surface area contributed by atoms with Gasteiger partial charge >= 0.3 is 0 Å². The molecule has 0 aromatic heterocycles. The molecule has 0 aliphatic carbocycles. The summed E-state index contributed by atoms with van der Waals surface area (Å²) in [6.07, 6.45) is 0. The van der Waals surface area contributed by atoms with Gasteiger partial charge < -0.3 is 0 Å². The second-order valence-corrected chi connectivity index (χ2v) is 3.56. The Kier molecular flexibility index (Phi) is 3.14. The minimum atomic E-state index is -0.941. The zero-order chi connectivity index (χ0) is 10.0. The summed E-state index contributed by atoms with van der Waals surface area (Å²) < 4.78 is 25.2. The highest BCUT2D eigenvalue weighted by atomic mass is 79.9. The summed E-state index contributed by atoms with van der Waals surface area (Å²) in [5.74, 6) is -2.00. The second kappa shape index (κ2) is 3.96. The summed E-state index contributed by atoms with van der Waals surface area (Å²) in [6.45, 7) is 1.38. The monoisotopic (exact) mass is 248 g/mol. The Morgan fingerprint density at radius 3 is 2.46 bits per heavy atom. The Morgan fingerprint density at radius 1 is 1.38 bits per heavy atom. The first-order valence-corrected chi connectivity index (χ1v) is 4.53. The molecule has 0 amide bonds. The smallest absolute Gasteiger partial charge is 0.159 e. The predicted molar refractivity (Wildman–Crippen MR) is 48.7 cm³/mol. The maximum atomic E-state index is 12.7. The molecule has 0 saturated carbocycles. The highest BCUT2D eigenvalue weighted by Gasteiger charge is 2.14. The largest absolute Gasteiger partial charge is 0.298 e. The minimum Gasteiger partial charge on any atom is -0.298 e. The molecule has 0 heterocycles. The Balaban J connectivity index is 3.03. The van der Waals surface area contributed by atoms with Crippen LogP contribution in [0.3, 0.4) is 0 Å². The van der Waals surface area contributed by atoms with Gasteiger partial charge in [-0.3, -0.25) is 4.79 Å². The Bertz CT molecular complexity index is 338. The molecule has 0 radical (unpaired) electrons. The van der Waals surface area contributed by atoms with Crippen molar-refractivity contribution in [2.24, 2.45) is 0 Å². The lowest BCUT2D eigenvalue weighted by atomic mass is 10.1. The topological polar surface area (TPSA) is 17.1 Å². The van der Waals surface area contributed by atoms with Gasteiger partial charge in [0.25, 0.3) is 0 Å². The van der Waals surface area contributed by atoms with Gasteiger partial charge in [-0.15, -0.1) is 0 Å². The summed E-state index contributed by atoms with van der Waals surface area (Å²) >= 11 is 3.07. The van der Waals surface area contributed by atoms with Crippen molar-refractivity contribution in [3.05, 3.63) is 35.4 Å². The van der Waals surface area contributed by atoms with Gasteiger partial charge in [0.2, 0.25) is 0 Å².